The minimum atomic E-state index is -3.78. The van der Waals surface area contributed by atoms with E-state index < -0.39 is 21.7 Å². The maximum Gasteiger partial charge on any atom is 0.252 e. The Labute approximate surface area is 160 Å². The molecule has 26 heavy (non-hydrogen) atoms. The van der Waals surface area contributed by atoms with Crippen molar-refractivity contribution in [3.63, 3.8) is 0 Å². The van der Waals surface area contributed by atoms with E-state index in [1.165, 1.54) is 43.3 Å². The van der Waals surface area contributed by atoms with E-state index in [9.17, 15) is 17.6 Å². The van der Waals surface area contributed by atoms with Gasteiger partial charge < -0.3 is 9.64 Å². The largest absolute Gasteiger partial charge is 0.489 e. The predicted octanol–water partition coefficient (Wildman–Crippen LogP) is 2.70. The van der Waals surface area contributed by atoms with E-state index in [2.05, 4.69) is 0 Å². The Hall–Kier alpha value is -1.68. The minimum Gasteiger partial charge on any atom is -0.489 e. The molecule has 0 saturated heterocycles. The number of thiophene rings is 1. The normalized spacial score (nSPS) is 11.6. The number of rotatable bonds is 8. The number of likely N-dealkylation sites (N-methyl/N-ethyl adjacent to an activating group) is 2. The molecule has 0 aliphatic rings. The molecular weight excluding hydrogens is 403 g/mol. The Kier molecular flexibility index (Phi) is 6.99. The van der Waals surface area contributed by atoms with Crippen molar-refractivity contribution in [2.75, 3.05) is 33.8 Å². The van der Waals surface area contributed by atoms with Crippen LogP contribution in [0.3, 0.4) is 0 Å². The van der Waals surface area contributed by atoms with Crippen LogP contribution in [0.15, 0.2) is 40.6 Å². The van der Waals surface area contributed by atoms with Gasteiger partial charge >= 0.3 is 0 Å². The van der Waals surface area contributed by atoms with Gasteiger partial charge in [0.1, 0.15) is 10.8 Å². The van der Waals surface area contributed by atoms with Crippen LogP contribution in [0.5, 0.6) is 5.75 Å². The molecule has 0 fully saturated rings. The van der Waals surface area contributed by atoms with E-state index in [0.717, 1.165) is 15.6 Å². The smallest absolute Gasteiger partial charge is 0.252 e. The van der Waals surface area contributed by atoms with Crippen molar-refractivity contribution in [1.82, 2.24) is 9.21 Å². The van der Waals surface area contributed by atoms with Gasteiger partial charge in [0, 0.05) is 14.1 Å². The highest BCUT2D eigenvalue weighted by Gasteiger charge is 2.25. The average molecular weight is 421 g/mol. The summed E-state index contributed by atoms with van der Waals surface area (Å²) in [6.07, 6.45) is 0. The first kappa shape index (κ1) is 20.6. The lowest BCUT2D eigenvalue weighted by atomic mass is 10.3. The van der Waals surface area contributed by atoms with Gasteiger partial charge in [0.2, 0.25) is 5.91 Å². The van der Waals surface area contributed by atoms with Crippen LogP contribution in [0.25, 0.3) is 0 Å². The monoisotopic (exact) mass is 420 g/mol. The SMILES string of the molecule is CN(CCOc1ccccc1F)C(=O)CN(C)S(=O)(=O)c1ccc(Cl)s1. The Balaban J connectivity index is 1.87. The molecule has 0 radical (unpaired) electrons. The summed E-state index contributed by atoms with van der Waals surface area (Å²) in [5.74, 6) is -0.791. The number of hydrogen-bond acceptors (Lipinski definition) is 5. The summed E-state index contributed by atoms with van der Waals surface area (Å²) in [4.78, 5) is 13.5. The van der Waals surface area contributed by atoms with Gasteiger partial charge in [-0.05, 0) is 24.3 Å². The molecule has 0 bridgehead atoms. The molecule has 0 N–H and O–H groups in total. The summed E-state index contributed by atoms with van der Waals surface area (Å²) >= 11 is 6.69. The second-order valence-corrected chi connectivity index (χ2v) is 9.40. The van der Waals surface area contributed by atoms with Crippen LogP contribution in [-0.2, 0) is 14.8 Å². The van der Waals surface area contributed by atoms with Gasteiger partial charge in [-0.25, -0.2) is 12.8 Å². The van der Waals surface area contributed by atoms with Crippen LogP contribution < -0.4 is 4.74 Å². The molecule has 0 saturated carbocycles. The zero-order chi connectivity index (χ0) is 19.3. The van der Waals surface area contributed by atoms with E-state index in [1.54, 1.807) is 12.1 Å². The maximum atomic E-state index is 13.5. The second kappa shape index (κ2) is 8.81. The third-order valence-electron chi connectivity index (χ3n) is 3.52. The van der Waals surface area contributed by atoms with E-state index in [-0.39, 0.29) is 29.7 Å². The third kappa shape index (κ3) is 5.16. The number of amides is 1. The van der Waals surface area contributed by atoms with E-state index >= 15 is 0 Å². The number of sulfonamides is 1. The number of benzene rings is 1. The molecule has 1 aromatic heterocycles. The lowest BCUT2D eigenvalue weighted by molar-refractivity contribution is -0.130. The molecule has 2 rings (SSSR count). The first-order chi connectivity index (χ1) is 12.2. The molecule has 0 aliphatic carbocycles. The molecule has 6 nitrogen and oxygen atoms in total. The van der Waals surface area contributed by atoms with Gasteiger partial charge in [-0.2, -0.15) is 4.31 Å². The van der Waals surface area contributed by atoms with Gasteiger partial charge in [0.25, 0.3) is 10.0 Å². The predicted molar refractivity (Wildman–Crippen MR) is 98.7 cm³/mol. The molecule has 10 heteroatoms. The molecule has 1 aromatic carbocycles. The van der Waals surface area contributed by atoms with Crippen molar-refractivity contribution in [3.8, 4) is 5.75 Å². The number of carbonyl (C=O) groups is 1. The zero-order valence-electron chi connectivity index (χ0n) is 14.2. The number of para-hydroxylation sites is 1. The first-order valence-corrected chi connectivity index (χ1v) is 10.2. The highest BCUT2D eigenvalue weighted by Crippen LogP contribution is 2.27. The fraction of sp³-hybridized carbons (Fsp3) is 0.312. The molecule has 142 valence electrons. The summed E-state index contributed by atoms with van der Waals surface area (Å²) in [6, 6.07) is 8.85. The Bertz CT molecular complexity index is 873. The highest BCUT2D eigenvalue weighted by molar-refractivity contribution is 7.91. The van der Waals surface area contributed by atoms with Crippen molar-refractivity contribution in [3.05, 3.63) is 46.6 Å². The highest BCUT2D eigenvalue weighted by atomic mass is 35.5. The van der Waals surface area contributed by atoms with Crippen molar-refractivity contribution < 1.29 is 22.3 Å². The first-order valence-electron chi connectivity index (χ1n) is 7.55. The standard InChI is InChI=1S/C16H18ClFN2O4S2/c1-19(9-10-24-13-6-4-3-5-12(13)18)15(21)11-20(2)26(22,23)16-8-7-14(17)25-16/h3-8H,9-11H2,1-2H3. The van der Waals surface area contributed by atoms with Crippen LogP contribution in [0.4, 0.5) is 4.39 Å². The number of halogens is 2. The maximum absolute atomic E-state index is 13.5. The van der Waals surface area contributed by atoms with Gasteiger partial charge in [-0.3, -0.25) is 4.79 Å². The van der Waals surface area contributed by atoms with E-state index in [0.29, 0.717) is 4.34 Å². The molecule has 2 aromatic rings. The Morgan fingerprint density at radius 3 is 2.54 bits per heavy atom. The quantitative estimate of drug-likeness (QED) is 0.658. The summed E-state index contributed by atoms with van der Waals surface area (Å²) in [7, 11) is -0.929. The Morgan fingerprint density at radius 2 is 1.92 bits per heavy atom. The van der Waals surface area contributed by atoms with E-state index in [1.807, 2.05) is 0 Å². The van der Waals surface area contributed by atoms with Gasteiger partial charge in [0.15, 0.2) is 11.6 Å². The molecular formula is C16H18ClFN2O4S2. The number of hydrogen-bond donors (Lipinski definition) is 0. The van der Waals surface area contributed by atoms with Crippen LogP contribution in [0, 0.1) is 5.82 Å². The molecule has 1 amide bonds. The summed E-state index contributed by atoms with van der Waals surface area (Å²) in [5, 5.41) is 0. The lowest BCUT2D eigenvalue weighted by Gasteiger charge is -2.21. The summed E-state index contributed by atoms with van der Waals surface area (Å²) in [5.41, 5.74) is 0. The summed E-state index contributed by atoms with van der Waals surface area (Å²) in [6.45, 7) is -0.0555. The molecule has 0 atom stereocenters. The minimum absolute atomic E-state index is 0.0725. The number of ether oxygens (including phenoxy) is 1. The fourth-order valence-corrected chi connectivity index (χ4v) is 4.78. The average Bonchev–Trinajstić information content (AvgIpc) is 3.03. The van der Waals surface area contributed by atoms with Crippen LogP contribution in [0.2, 0.25) is 4.34 Å². The molecule has 0 aliphatic heterocycles. The van der Waals surface area contributed by atoms with Crippen LogP contribution in [0.1, 0.15) is 0 Å². The van der Waals surface area contributed by atoms with Crippen molar-refractivity contribution in [2.45, 2.75) is 4.21 Å². The fourth-order valence-electron chi connectivity index (χ4n) is 1.97. The van der Waals surface area contributed by atoms with Gasteiger partial charge in [-0.15, -0.1) is 11.3 Å². The second-order valence-electron chi connectivity index (χ2n) is 5.41. The topological polar surface area (TPSA) is 66.9 Å². The van der Waals surface area contributed by atoms with Crippen LogP contribution in [-0.4, -0.2) is 57.3 Å². The molecule has 0 unspecified atom stereocenters. The Morgan fingerprint density at radius 1 is 1.23 bits per heavy atom. The van der Waals surface area contributed by atoms with Gasteiger partial charge in [0.05, 0.1) is 17.4 Å². The summed E-state index contributed by atoms with van der Waals surface area (Å²) < 4.78 is 44.9. The van der Waals surface area contributed by atoms with Crippen molar-refractivity contribution >= 4 is 38.9 Å². The zero-order valence-corrected chi connectivity index (χ0v) is 16.6. The molecule has 1 heterocycles. The van der Waals surface area contributed by atoms with Gasteiger partial charge in [-0.1, -0.05) is 23.7 Å². The lowest BCUT2D eigenvalue weighted by Crippen LogP contribution is -2.40. The van der Waals surface area contributed by atoms with E-state index in [4.69, 9.17) is 16.3 Å². The van der Waals surface area contributed by atoms with Crippen molar-refractivity contribution in [2.24, 2.45) is 0 Å². The van der Waals surface area contributed by atoms with Crippen molar-refractivity contribution in [1.29, 1.82) is 0 Å². The number of nitrogens with zero attached hydrogens (tertiary/aromatic N) is 2. The number of carbonyl (C=O) groups excluding carboxylic acids is 1. The third-order valence-corrected chi connectivity index (χ3v) is 7.02. The van der Waals surface area contributed by atoms with Crippen LogP contribution >= 0.6 is 22.9 Å². The molecule has 0 spiro atoms.